The van der Waals surface area contributed by atoms with Crippen LogP contribution in [0.25, 0.3) is 0 Å². The summed E-state index contributed by atoms with van der Waals surface area (Å²) in [7, 11) is 0. The fourth-order valence-corrected chi connectivity index (χ4v) is 1.12. The first kappa shape index (κ1) is 9.51. The Labute approximate surface area is 76.4 Å². The van der Waals surface area contributed by atoms with Gasteiger partial charge in [-0.05, 0) is 18.1 Å². The molecule has 0 radical (unpaired) electrons. The average molecular weight is 180 g/mol. The highest BCUT2D eigenvalue weighted by atomic mass is 16.4. The number of hydrogen-bond donors (Lipinski definition) is 2. The Balaban J connectivity index is 3.04. The molecule has 1 aromatic rings. The van der Waals surface area contributed by atoms with Crippen molar-refractivity contribution in [2.24, 2.45) is 0 Å². The molecule has 1 heterocycles. The Hall–Kier alpha value is -1.58. The van der Waals surface area contributed by atoms with E-state index in [1.807, 2.05) is 6.92 Å². The number of nitrogen functional groups attached to an aromatic ring is 1. The van der Waals surface area contributed by atoms with Gasteiger partial charge in [-0.3, -0.25) is 0 Å². The second kappa shape index (κ2) is 3.89. The van der Waals surface area contributed by atoms with Crippen LogP contribution in [0.2, 0.25) is 0 Å². The van der Waals surface area contributed by atoms with Crippen molar-refractivity contribution in [3.63, 3.8) is 0 Å². The quantitative estimate of drug-likeness (QED) is 0.735. The summed E-state index contributed by atoms with van der Waals surface area (Å²) in [4.78, 5) is 14.5. The Morgan fingerprint density at radius 1 is 1.69 bits per heavy atom. The lowest BCUT2D eigenvalue weighted by molar-refractivity contribution is 0.0697. The smallest absolute Gasteiger partial charge is 0.339 e. The van der Waals surface area contributed by atoms with Crippen molar-refractivity contribution >= 4 is 11.8 Å². The number of aromatic nitrogens is 1. The van der Waals surface area contributed by atoms with E-state index in [1.165, 1.54) is 0 Å². The Bertz CT molecular complexity index is 323. The molecule has 0 saturated heterocycles. The zero-order valence-electron chi connectivity index (χ0n) is 7.45. The SMILES string of the molecule is CCCc1cnc(N)c(C(=O)O)c1. The predicted molar refractivity (Wildman–Crippen MR) is 49.6 cm³/mol. The maximum Gasteiger partial charge on any atom is 0.339 e. The monoisotopic (exact) mass is 180 g/mol. The van der Waals surface area contributed by atoms with Gasteiger partial charge in [-0.25, -0.2) is 9.78 Å². The fourth-order valence-electron chi connectivity index (χ4n) is 1.12. The summed E-state index contributed by atoms with van der Waals surface area (Å²) in [5.74, 6) is -0.949. The van der Waals surface area contributed by atoms with E-state index in [2.05, 4.69) is 4.98 Å². The van der Waals surface area contributed by atoms with Crippen LogP contribution < -0.4 is 5.73 Å². The molecule has 70 valence electrons. The third kappa shape index (κ3) is 2.18. The van der Waals surface area contributed by atoms with Gasteiger partial charge in [-0.15, -0.1) is 0 Å². The van der Waals surface area contributed by atoms with E-state index in [4.69, 9.17) is 10.8 Å². The van der Waals surface area contributed by atoms with E-state index in [0.29, 0.717) is 0 Å². The van der Waals surface area contributed by atoms with Crippen LogP contribution >= 0.6 is 0 Å². The normalized spacial score (nSPS) is 9.92. The van der Waals surface area contributed by atoms with Gasteiger partial charge in [0.1, 0.15) is 11.4 Å². The van der Waals surface area contributed by atoms with Gasteiger partial charge in [0.2, 0.25) is 0 Å². The van der Waals surface area contributed by atoms with Crippen LogP contribution in [0.15, 0.2) is 12.3 Å². The molecule has 0 bridgehead atoms. The zero-order valence-corrected chi connectivity index (χ0v) is 7.45. The highest BCUT2D eigenvalue weighted by Crippen LogP contribution is 2.11. The molecule has 0 saturated carbocycles. The number of rotatable bonds is 3. The number of carbonyl (C=O) groups is 1. The van der Waals surface area contributed by atoms with E-state index < -0.39 is 5.97 Å². The highest BCUT2D eigenvalue weighted by Gasteiger charge is 2.09. The highest BCUT2D eigenvalue weighted by molar-refractivity contribution is 5.92. The van der Waals surface area contributed by atoms with E-state index in [-0.39, 0.29) is 11.4 Å². The number of nitrogens with zero attached hydrogens (tertiary/aromatic N) is 1. The minimum atomic E-state index is -1.03. The third-order valence-electron chi connectivity index (χ3n) is 1.74. The van der Waals surface area contributed by atoms with Crippen LogP contribution in [0.4, 0.5) is 5.82 Å². The molecule has 0 aliphatic heterocycles. The number of carboxylic acids is 1. The van der Waals surface area contributed by atoms with Gasteiger partial charge in [-0.1, -0.05) is 13.3 Å². The maximum absolute atomic E-state index is 10.7. The molecule has 0 spiro atoms. The van der Waals surface area contributed by atoms with Crippen molar-refractivity contribution < 1.29 is 9.90 Å². The van der Waals surface area contributed by atoms with E-state index in [9.17, 15) is 4.79 Å². The molecule has 3 N–H and O–H groups in total. The molecule has 0 aliphatic rings. The molecule has 0 aromatic carbocycles. The number of pyridine rings is 1. The molecule has 0 unspecified atom stereocenters. The zero-order chi connectivity index (χ0) is 9.84. The Kier molecular flexibility index (Phi) is 2.84. The molecule has 4 nitrogen and oxygen atoms in total. The molecule has 0 aliphatic carbocycles. The molecule has 1 aromatic heterocycles. The van der Waals surface area contributed by atoms with Gasteiger partial charge in [0.05, 0.1) is 0 Å². The first-order chi connectivity index (χ1) is 6.15. The molecule has 1 rings (SSSR count). The van der Waals surface area contributed by atoms with Crippen LogP contribution in [0.5, 0.6) is 0 Å². The van der Waals surface area contributed by atoms with Crippen LogP contribution in [-0.2, 0) is 6.42 Å². The predicted octanol–water partition coefficient (Wildman–Crippen LogP) is 1.31. The van der Waals surface area contributed by atoms with Gasteiger partial charge in [0.15, 0.2) is 0 Å². The summed E-state index contributed by atoms with van der Waals surface area (Å²) in [6.45, 7) is 2.02. The number of carboxylic acid groups (broad SMARTS) is 1. The average Bonchev–Trinajstić information content (AvgIpc) is 2.08. The summed E-state index contributed by atoms with van der Waals surface area (Å²) in [5, 5.41) is 8.74. The topological polar surface area (TPSA) is 76.2 Å². The summed E-state index contributed by atoms with van der Waals surface area (Å²) >= 11 is 0. The first-order valence-electron chi connectivity index (χ1n) is 4.12. The first-order valence-corrected chi connectivity index (χ1v) is 4.12. The van der Waals surface area contributed by atoms with Crippen LogP contribution in [-0.4, -0.2) is 16.1 Å². The minimum absolute atomic E-state index is 0.0763. The van der Waals surface area contributed by atoms with Crippen molar-refractivity contribution in [3.8, 4) is 0 Å². The lowest BCUT2D eigenvalue weighted by Crippen LogP contribution is -2.05. The largest absolute Gasteiger partial charge is 0.478 e. The Morgan fingerprint density at radius 2 is 2.38 bits per heavy atom. The van der Waals surface area contributed by atoms with Crippen LogP contribution in [0, 0.1) is 0 Å². The van der Waals surface area contributed by atoms with E-state index in [1.54, 1.807) is 12.3 Å². The van der Waals surface area contributed by atoms with Crippen molar-refractivity contribution in [2.75, 3.05) is 5.73 Å². The lowest BCUT2D eigenvalue weighted by Gasteiger charge is -2.02. The fraction of sp³-hybridized carbons (Fsp3) is 0.333. The summed E-state index contributed by atoms with van der Waals surface area (Å²) in [5.41, 5.74) is 6.39. The molecule has 13 heavy (non-hydrogen) atoms. The van der Waals surface area contributed by atoms with Crippen molar-refractivity contribution in [3.05, 3.63) is 23.4 Å². The number of hydrogen-bond acceptors (Lipinski definition) is 3. The number of nitrogens with two attached hydrogens (primary N) is 1. The van der Waals surface area contributed by atoms with Crippen molar-refractivity contribution in [2.45, 2.75) is 19.8 Å². The van der Waals surface area contributed by atoms with Crippen molar-refractivity contribution in [1.82, 2.24) is 4.98 Å². The van der Waals surface area contributed by atoms with Crippen molar-refractivity contribution in [1.29, 1.82) is 0 Å². The summed E-state index contributed by atoms with van der Waals surface area (Å²) in [6, 6.07) is 1.58. The van der Waals surface area contributed by atoms with Crippen LogP contribution in [0.3, 0.4) is 0 Å². The van der Waals surface area contributed by atoms with Crippen LogP contribution in [0.1, 0.15) is 29.3 Å². The second-order valence-corrected chi connectivity index (χ2v) is 2.83. The van der Waals surface area contributed by atoms with Gasteiger partial charge in [0.25, 0.3) is 0 Å². The third-order valence-corrected chi connectivity index (χ3v) is 1.74. The molecule has 0 atom stereocenters. The standard InChI is InChI=1S/C9H12N2O2/c1-2-3-6-4-7(9(12)13)8(10)11-5-6/h4-5H,2-3H2,1H3,(H2,10,11)(H,12,13). The number of anilines is 1. The number of aromatic carboxylic acids is 1. The summed E-state index contributed by atoms with van der Waals surface area (Å²) in [6.07, 6.45) is 3.41. The number of aryl methyl sites for hydroxylation is 1. The second-order valence-electron chi connectivity index (χ2n) is 2.83. The maximum atomic E-state index is 10.7. The van der Waals surface area contributed by atoms with E-state index >= 15 is 0 Å². The molecule has 0 fully saturated rings. The molecule has 4 heteroatoms. The minimum Gasteiger partial charge on any atom is -0.478 e. The molecular weight excluding hydrogens is 168 g/mol. The molecule has 0 amide bonds. The van der Waals surface area contributed by atoms with Gasteiger partial charge < -0.3 is 10.8 Å². The molecular formula is C9H12N2O2. The van der Waals surface area contributed by atoms with Gasteiger partial charge in [-0.2, -0.15) is 0 Å². The lowest BCUT2D eigenvalue weighted by atomic mass is 10.1. The van der Waals surface area contributed by atoms with Gasteiger partial charge in [0, 0.05) is 6.20 Å². The van der Waals surface area contributed by atoms with E-state index in [0.717, 1.165) is 18.4 Å². The Morgan fingerprint density at radius 3 is 2.92 bits per heavy atom. The van der Waals surface area contributed by atoms with Gasteiger partial charge >= 0.3 is 5.97 Å². The summed E-state index contributed by atoms with van der Waals surface area (Å²) < 4.78 is 0.